The van der Waals surface area contributed by atoms with E-state index in [0.29, 0.717) is 16.8 Å². The van der Waals surface area contributed by atoms with E-state index in [2.05, 4.69) is 42.2 Å². The van der Waals surface area contributed by atoms with Gasteiger partial charge < -0.3 is 5.32 Å². The third kappa shape index (κ3) is 3.99. The normalized spacial score (nSPS) is 10.4. The van der Waals surface area contributed by atoms with Crippen LogP contribution in [0.2, 0.25) is 0 Å². The topological polar surface area (TPSA) is 68.1 Å². The van der Waals surface area contributed by atoms with Crippen molar-refractivity contribution in [1.29, 1.82) is 0 Å². The highest BCUT2D eigenvalue weighted by molar-refractivity contribution is 9.11. The molecule has 2 rings (SSSR count). The van der Waals surface area contributed by atoms with Crippen LogP contribution >= 0.6 is 43.2 Å². The number of anilines is 1. The number of hydrogen-bond acceptors (Lipinski definition) is 5. The number of nitro groups is 1. The van der Waals surface area contributed by atoms with Crippen molar-refractivity contribution in [2.24, 2.45) is 0 Å². The molecule has 8 heteroatoms. The van der Waals surface area contributed by atoms with Gasteiger partial charge in [-0.3, -0.25) is 10.1 Å². The average molecular weight is 407 g/mol. The maximum absolute atomic E-state index is 10.9. The SMILES string of the molecule is O=[N+]([O-])c1cc(Br)cnc1NCCc1ccc(Br)s1. The monoisotopic (exact) mass is 405 g/mol. The predicted octanol–water partition coefficient (Wildman–Crippen LogP) is 4.23. The van der Waals surface area contributed by atoms with Crippen LogP contribution in [-0.2, 0) is 6.42 Å². The molecule has 0 aliphatic rings. The van der Waals surface area contributed by atoms with Gasteiger partial charge >= 0.3 is 5.69 Å². The van der Waals surface area contributed by atoms with E-state index in [1.54, 1.807) is 11.3 Å². The third-order valence-corrected chi connectivity index (χ3v) is 4.44. The summed E-state index contributed by atoms with van der Waals surface area (Å²) in [6.07, 6.45) is 2.34. The van der Waals surface area contributed by atoms with Crippen LogP contribution in [0.1, 0.15) is 4.88 Å². The molecule has 0 unspecified atom stereocenters. The van der Waals surface area contributed by atoms with E-state index < -0.39 is 4.92 Å². The van der Waals surface area contributed by atoms with Gasteiger partial charge in [0.15, 0.2) is 0 Å². The Balaban J connectivity index is 2.01. The van der Waals surface area contributed by atoms with E-state index in [0.717, 1.165) is 10.2 Å². The Kier molecular flexibility index (Phi) is 4.89. The van der Waals surface area contributed by atoms with E-state index in [4.69, 9.17) is 0 Å². The molecule has 0 atom stereocenters. The standard InChI is InChI=1S/C11H9Br2N3O2S/c12-7-5-9(16(17)18)11(15-6-7)14-4-3-8-1-2-10(13)19-8/h1-2,5-6H,3-4H2,(H,14,15). The first-order chi connectivity index (χ1) is 9.06. The van der Waals surface area contributed by atoms with Gasteiger partial charge in [0.1, 0.15) is 0 Å². The minimum absolute atomic E-state index is 0.0262. The van der Waals surface area contributed by atoms with E-state index in [1.807, 2.05) is 12.1 Å². The average Bonchev–Trinajstić information content (AvgIpc) is 2.77. The molecular formula is C11H9Br2N3O2S. The molecule has 0 fully saturated rings. The molecule has 0 bridgehead atoms. The van der Waals surface area contributed by atoms with Gasteiger partial charge in [-0.25, -0.2) is 4.98 Å². The minimum atomic E-state index is -0.443. The van der Waals surface area contributed by atoms with E-state index in [1.165, 1.54) is 17.1 Å². The Labute approximate surface area is 130 Å². The van der Waals surface area contributed by atoms with Crippen molar-refractivity contribution in [2.75, 3.05) is 11.9 Å². The van der Waals surface area contributed by atoms with Crippen LogP contribution in [0.3, 0.4) is 0 Å². The largest absolute Gasteiger partial charge is 0.364 e. The molecule has 1 N–H and O–H groups in total. The van der Waals surface area contributed by atoms with Gasteiger partial charge in [0.05, 0.1) is 8.71 Å². The highest BCUT2D eigenvalue weighted by Crippen LogP contribution is 2.26. The highest BCUT2D eigenvalue weighted by Gasteiger charge is 2.15. The zero-order valence-electron chi connectivity index (χ0n) is 9.60. The lowest BCUT2D eigenvalue weighted by atomic mass is 10.3. The van der Waals surface area contributed by atoms with Crippen molar-refractivity contribution < 1.29 is 4.92 Å². The fraction of sp³-hybridized carbons (Fsp3) is 0.182. The molecule has 0 aliphatic heterocycles. The lowest BCUT2D eigenvalue weighted by Gasteiger charge is -2.05. The van der Waals surface area contributed by atoms with Crippen LogP contribution in [0.4, 0.5) is 11.5 Å². The highest BCUT2D eigenvalue weighted by atomic mass is 79.9. The molecule has 2 aromatic heterocycles. The van der Waals surface area contributed by atoms with Gasteiger partial charge in [0, 0.05) is 28.2 Å². The first-order valence-electron chi connectivity index (χ1n) is 5.34. The van der Waals surface area contributed by atoms with Crippen LogP contribution in [-0.4, -0.2) is 16.5 Å². The molecule has 0 radical (unpaired) electrons. The molecular weight excluding hydrogens is 398 g/mol. The van der Waals surface area contributed by atoms with Crippen LogP contribution in [0.25, 0.3) is 0 Å². The lowest BCUT2D eigenvalue weighted by molar-refractivity contribution is -0.384. The Morgan fingerprint density at radius 2 is 2.21 bits per heavy atom. The second-order valence-electron chi connectivity index (χ2n) is 3.66. The van der Waals surface area contributed by atoms with Crippen LogP contribution in [0.5, 0.6) is 0 Å². The van der Waals surface area contributed by atoms with Crippen LogP contribution in [0.15, 0.2) is 32.7 Å². The molecule has 19 heavy (non-hydrogen) atoms. The number of nitrogens with one attached hydrogen (secondary N) is 1. The maximum Gasteiger partial charge on any atom is 0.312 e. The predicted molar refractivity (Wildman–Crippen MR) is 82.8 cm³/mol. The fourth-order valence-corrected chi connectivity index (χ4v) is 3.30. The van der Waals surface area contributed by atoms with Crippen molar-refractivity contribution in [2.45, 2.75) is 6.42 Å². The number of rotatable bonds is 5. The number of thiophene rings is 1. The van der Waals surface area contributed by atoms with E-state index >= 15 is 0 Å². The summed E-state index contributed by atoms with van der Waals surface area (Å²) in [7, 11) is 0. The van der Waals surface area contributed by atoms with E-state index in [9.17, 15) is 10.1 Å². The summed E-state index contributed by atoms with van der Waals surface area (Å²) < 4.78 is 1.67. The second-order valence-corrected chi connectivity index (χ2v) is 7.12. The van der Waals surface area contributed by atoms with Crippen molar-refractivity contribution in [3.05, 3.63) is 47.6 Å². The lowest BCUT2D eigenvalue weighted by Crippen LogP contribution is -2.07. The summed E-state index contributed by atoms with van der Waals surface area (Å²) in [5, 5.41) is 13.9. The Bertz CT molecular complexity index is 603. The van der Waals surface area contributed by atoms with Crippen molar-refractivity contribution >= 4 is 54.7 Å². The van der Waals surface area contributed by atoms with Crippen LogP contribution < -0.4 is 5.32 Å². The number of pyridine rings is 1. The summed E-state index contributed by atoms with van der Waals surface area (Å²) >= 11 is 8.22. The number of hydrogen-bond donors (Lipinski definition) is 1. The fourth-order valence-electron chi connectivity index (χ4n) is 1.49. The molecule has 0 aromatic carbocycles. The van der Waals surface area contributed by atoms with Gasteiger partial charge in [0.25, 0.3) is 0 Å². The van der Waals surface area contributed by atoms with Crippen molar-refractivity contribution in [3.8, 4) is 0 Å². The van der Waals surface area contributed by atoms with Gasteiger partial charge in [-0.15, -0.1) is 11.3 Å². The number of aromatic nitrogens is 1. The number of halogens is 2. The van der Waals surface area contributed by atoms with Crippen molar-refractivity contribution in [3.63, 3.8) is 0 Å². The van der Waals surface area contributed by atoms with Gasteiger partial charge in [-0.2, -0.15) is 0 Å². The van der Waals surface area contributed by atoms with Crippen molar-refractivity contribution in [1.82, 2.24) is 4.98 Å². The van der Waals surface area contributed by atoms with E-state index in [-0.39, 0.29) is 5.69 Å². The summed E-state index contributed by atoms with van der Waals surface area (Å²) in [5.74, 6) is 0.295. The molecule has 2 heterocycles. The zero-order chi connectivity index (χ0) is 13.8. The summed E-state index contributed by atoms with van der Waals surface area (Å²) in [4.78, 5) is 15.7. The molecule has 5 nitrogen and oxygen atoms in total. The summed E-state index contributed by atoms with van der Waals surface area (Å²) in [6, 6.07) is 5.46. The Hall–Kier alpha value is -0.990. The third-order valence-electron chi connectivity index (χ3n) is 2.32. The Morgan fingerprint density at radius 1 is 1.42 bits per heavy atom. The second kappa shape index (κ2) is 6.44. The van der Waals surface area contributed by atoms with Crippen LogP contribution in [0, 0.1) is 10.1 Å². The first-order valence-corrected chi connectivity index (χ1v) is 7.74. The first kappa shape index (κ1) is 14.4. The quantitative estimate of drug-likeness (QED) is 0.595. The molecule has 0 saturated carbocycles. The minimum Gasteiger partial charge on any atom is -0.364 e. The summed E-state index contributed by atoms with van der Waals surface area (Å²) in [6.45, 7) is 0.600. The molecule has 0 aliphatic carbocycles. The molecule has 0 spiro atoms. The molecule has 0 amide bonds. The van der Waals surface area contributed by atoms with Gasteiger partial charge in [-0.1, -0.05) is 0 Å². The summed E-state index contributed by atoms with van der Waals surface area (Å²) in [5.41, 5.74) is -0.0262. The number of nitrogens with zero attached hydrogens (tertiary/aromatic N) is 2. The molecule has 100 valence electrons. The zero-order valence-corrected chi connectivity index (χ0v) is 13.6. The van der Waals surface area contributed by atoms with Gasteiger partial charge in [-0.05, 0) is 50.4 Å². The molecule has 2 aromatic rings. The van der Waals surface area contributed by atoms with Gasteiger partial charge in [0.2, 0.25) is 5.82 Å². The maximum atomic E-state index is 10.9. The Morgan fingerprint density at radius 3 is 2.84 bits per heavy atom. The molecule has 0 saturated heterocycles. The smallest absolute Gasteiger partial charge is 0.312 e.